The predicted molar refractivity (Wildman–Crippen MR) is 86.9 cm³/mol. The zero-order valence-electron chi connectivity index (χ0n) is 12.2. The summed E-state index contributed by atoms with van der Waals surface area (Å²) in [4.78, 5) is 25.8. The molecule has 0 bridgehead atoms. The largest absolute Gasteiger partial charge is 0.480 e. The van der Waals surface area contributed by atoms with Crippen molar-refractivity contribution >= 4 is 35.4 Å². The van der Waals surface area contributed by atoms with Crippen molar-refractivity contribution in [2.75, 3.05) is 17.4 Å². The van der Waals surface area contributed by atoms with Crippen LogP contribution < -0.4 is 0 Å². The molecular formula is C15H19NO3S2. The zero-order valence-corrected chi connectivity index (χ0v) is 13.8. The lowest BCUT2D eigenvalue weighted by Crippen LogP contribution is -2.41. The minimum absolute atomic E-state index is 0.0660. The maximum atomic E-state index is 12.1. The van der Waals surface area contributed by atoms with E-state index in [-0.39, 0.29) is 5.91 Å². The van der Waals surface area contributed by atoms with Gasteiger partial charge in [-0.05, 0) is 37.1 Å². The summed E-state index contributed by atoms with van der Waals surface area (Å²) in [6, 6.07) is 5.60. The number of aliphatic carboxylic acids is 1. The van der Waals surface area contributed by atoms with Crippen LogP contribution in [-0.2, 0) is 9.59 Å². The molecular weight excluding hydrogens is 306 g/mol. The number of rotatable bonds is 5. The monoisotopic (exact) mass is 325 g/mol. The van der Waals surface area contributed by atoms with Gasteiger partial charge in [0.1, 0.15) is 6.04 Å². The van der Waals surface area contributed by atoms with E-state index in [9.17, 15) is 9.59 Å². The Morgan fingerprint density at radius 2 is 2.14 bits per heavy atom. The number of carbonyl (C=O) groups excluding carboxylic acids is 1. The highest BCUT2D eigenvalue weighted by molar-refractivity contribution is 7.99. The Hall–Kier alpha value is -1.14. The molecule has 114 valence electrons. The van der Waals surface area contributed by atoms with E-state index in [1.54, 1.807) is 11.8 Å². The third-order valence-corrected chi connectivity index (χ3v) is 5.56. The molecule has 1 aliphatic rings. The number of hydrogen-bond donors (Lipinski definition) is 1. The second kappa shape index (κ2) is 7.22. The van der Waals surface area contributed by atoms with Gasteiger partial charge < -0.3 is 10.0 Å². The molecule has 0 aliphatic carbocycles. The van der Waals surface area contributed by atoms with E-state index in [2.05, 4.69) is 32.0 Å². The summed E-state index contributed by atoms with van der Waals surface area (Å²) < 4.78 is 0. The lowest BCUT2D eigenvalue weighted by Gasteiger charge is -2.20. The molecule has 1 amide bonds. The number of carboxylic acids is 1. The molecule has 0 aromatic heterocycles. The second-order valence-corrected chi connectivity index (χ2v) is 7.23. The van der Waals surface area contributed by atoms with Gasteiger partial charge in [-0.25, -0.2) is 4.79 Å². The number of aryl methyl sites for hydroxylation is 2. The van der Waals surface area contributed by atoms with Crippen molar-refractivity contribution in [3.63, 3.8) is 0 Å². The molecule has 1 aliphatic heterocycles. The van der Waals surface area contributed by atoms with Gasteiger partial charge >= 0.3 is 5.97 Å². The molecule has 1 aromatic carbocycles. The minimum atomic E-state index is -0.907. The Morgan fingerprint density at radius 3 is 2.81 bits per heavy atom. The van der Waals surface area contributed by atoms with Gasteiger partial charge in [-0.15, -0.1) is 23.5 Å². The molecule has 21 heavy (non-hydrogen) atoms. The standard InChI is InChI=1S/C15H19NO3S2/c1-10-3-4-12(7-11(10)2)21-6-5-14(17)16-9-20-8-13(16)15(18)19/h3-4,7,13H,5-6,8-9H2,1-2H3,(H,18,19). The topological polar surface area (TPSA) is 57.6 Å². The molecule has 1 saturated heterocycles. The van der Waals surface area contributed by atoms with E-state index in [1.165, 1.54) is 27.8 Å². The predicted octanol–water partition coefficient (Wildman–Crippen LogP) is 2.77. The summed E-state index contributed by atoms with van der Waals surface area (Å²) in [6.07, 6.45) is 0.377. The quantitative estimate of drug-likeness (QED) is 0.844. The molecule has 2 rings (SSSR count). The normalized spacial score (nSPS) is 18.0. The van der Waals surface area contributed by atoms with Crippen LogP contribution in [0.25, 0.3) is 0 Å². The van der Waals surface area contributed by atoms with Crippen LogP contribution in [0, 0.1) is 13.8 Å². The summed E-state index contributed by atoms with van der Waals surface area (Å²) in [5, 5.41) is 9.08. The van der Waals surface area contributed by atoms with Crippen molar-refractivity contribution < 1.29 is 14.7 Å². The van der Waals surface area contributed by atoms with Crippen LogP contribution >= 0.6 is 23.5 Å². The maximum absolute atomic E-state index is 12.1. The van der Waals surface area contributed by atoms with Gasteiger partial charge in [0, 0.05) is 22.8 Å². The van der Waals surface area contributed by atoms with Crippen LogP contribution in [0.2, 0.25) is 0 Å². The number of nitrogens with zero attached hydrogens (tertiary/aromatic N) is 1. The minimum Gasteiger partial charge on any atom is -0.480 e. The van der Waals surface area contributed by atoms with Crippen molar-refractivity contribution in [2.24, 2.45) is 0 Å². The number of carboxylic acid groups (broad SMARTS) is 1. The zero-order chi connectivity index (χ0) is 15.4. The molecule has 1 unspecified atom stereocenters. The van der Waals surface area contributed by atoms with Crippen molar-refractivity contribution in [2.45, 2.75) is 31.2 Å². The number of thioether (sulfide) groups is 2. The van der Waals surface area contributed by atoms with E-state index >= 15 is 0 Å². The number of amides is 1. The SMILES string of the molecule is Cc1ccc(SCCC(=O)N2CSCC2C(=O)O)cc1C. The smallest absolute Gasteiger partial charge is 0.327 e. The highest BCUT2D eigenvalue weighted by Crippen LogP contribution is 2.25. The van der Waals surface area contributed by atoms with Crippen molar-refractivity contribution in [1.29, 1.82) is 0 Å². The molecule has 1 aromatic rings. The van der Waals surface area contributed by atoms with E-state index in [1.807, 2.05) is 0 Å². The molecule has 1 N–H and O–H groups in total. The van der Waals surface area contributed by atoms with Crippen LogP contribution in [0.15, 0.2) is 23.1 Å². The van der Waals surface area contributed by atoms with Gasteiger partial charge in [-0.3, -0.25) is 4.79 Å². The maximum Gasteiger partial charge on any atom is 0.327 e. The first-order valence-electron chi connectivity index (χ1n) is 6.79. The molecule has 0 spiro atoms. The Morgan fingerprint density at radius 1 is 1.38 bits per heavy atom. The number of hydrogen-bond acceptors (Lipinski definition) is 4. The Labute approximate surface area is 133 Å². The lowest BCUT2D eigenvalue weighted by molar-refractivity contribution is -0.147. The summed E-state index contributed by atoms with van der Waals surface area (Å²) in [5.74, 6) is 0.684. The molecule has 0 radical (unpaired) electrons. The van der Waals surface area contributed by atoms with E-state index in [0.717, 1.165) is 4.90 Å². The summed E-state index contributed by atoms with van der Waals surface area (Å²) in [7, 11) is 0. The lowest BCUT2D eigenvalue weighted by atomic mass is 10.1. The van der Waals surface area contributed by atoms with Crippen molar-refractivity contribution in [3.8, 4) is 0 Å². The van der Waals surface area contributed by atoms with E-state index in [0.29, 0.717) is 23.8 Å². The molecule has 1 fully saturated rings. The fourth-order valence-electron chi connectivity index (χ4n) is 2.10. The number of benzene rings is 1. The Kier molecular flexibility index (Phi) is 5.58. The summed E-state index contributed by atoms with van der Waals surface area (Å²) in [5.41, 5.74) is 2.50. The second-order valence-electron chi connectivity index (χ2n) is 5.06. The van der Waals surface area contributed by atoms with E-state index in [4.69, 9.17) is 5.11 Å². The van der Waals surface area contributed by atoms with E-state index < -0.39 is 12.0 Å². The Bertz CT molecular complexity index is 548. The Balaban J connectivity index is 1.84. The number of carbonyl (C=O) groups is 2. The first kappa shape index (κ1) is 16.2. The average Bonchev–Trinajstić information content (AvgIpc) is 2.92. The van der Waals surface area contributed by atoms with Gasteiger partial charge in [-0.1, -0.05) is 6.07 Å². The van der Waals surface area contributed by atoms with Crippen LogP contribution in [-0.4, -0.2) is 45.3 Å². The highest BCUT2D eigenvalue weighted by atomic mass is 32.2. The van der Waals surface area contributed by atoms with Gasteiger partial charge in [0.05, 0.1) is 5.88 Å². The molecule has 6 heteroatoms. The molecule has 0 saturated carbocycles. The van der Waals surface area contributed by atoms with Gasteiger partial charge in [0.25, 0.3) is 0 Å². The van der Waals surface area contributed by atoms with Crippen LogP contribution in [0.4, 0.5) is 0 Å². The summed E-state index contributed by atoms with van der Waals surface area (Å²) >= 11 is 3.14. The van der Waals surface area contributed by atoms with Crippen molar-refractivity contribution in [1.82, 2.24) is 4.90 Å². The van der Waals surface area contributed by atoms with Gasteiger partial charge in [0.15, 0.2) is 0 Å². The third-order valence-electron chi connectivity index (χ3n) is 3.55. The third kappa shape index (κ3) is 4.17. The first-order valence-corrected chi connectivity index (χ1v) is 8.93. The van der Waals surface area contributed by atoms with Gasteiger partial charge in [-0.2, -0.15) is 0 Å². The van der Waals surface area contributed by atoms with Crippen LogP contribution in [0.1, 0.15) is 17.5 Å². The fourth-order valence-corrected chi connectivity index (χ4v) is 4.21. The molecule has 1 atom stereocenters. The molecule has 4 nitrogen and oxygen atoms in total. The van der Waals surface area contributed by atoms with Gasteiger partial charge in [0.2, 0.25) is 5.91 Å². The van der Waals surface area contributed by atoms with Crippen LogP contribution in [0.5, 0.6) is 0 Å². The fraction of sp³-hybridized carbons (Fsp3) is 0.467. The van der Waals surface area contributed by atoms with Crippen molar-refractivity contribution in [3.05, 3.63) is 29.3 Å². The van der Waals surface area contributed by atoms with Crippen LogP contribution in [0.3, 0.4) is 0 Å². The highest BCUT2D eigenvalue weighted by Gasteiger charge is 2.33. The molecule has 1 heterocycles. The first-order chi connectivity index (χ1) is 9.99. The average molecular weight is 325 g/mol. The summed E-state index contributed by atoms with van der Waals surface area (Å²) in [6.45, 7) is 4.15.